The number of primary amides is 1. The number of fused-ring (bicyclic) bond motifs is 2. The molecule has 13 nitrogen and oxygen atoms in total. The zero-order chi connectivity index (χ0) is 36.7. The van der Waals surface area contributed by atoms with Crippen LogP contribution >= 0.6 is 0 Å². The van der Waals surface area contributed by atoms with E-state index in [9.17, 15) is 24.0 Å². The Morgan fingerprint density at radius 1 is 1.10 bits per heavy atom. The number of ketones is 2. The molecular formula is C36H52N4O9. The predicted molar refractivity (Wildman–Crippen MR) is 185 cm³/mol. The molecule has 0 aromatic heterocycles. The molecule has 0 saturated carbocycles. The smallest absolute Gasteiger partial charge is 0.405 e. The number of rotatable bonds is 11. The molecule has 1 aliphatic heterocycles. The second kappa shape index (κ2) is 20.2. The maximum Gasteiger partial charge on any atom is 0.405 e. The molecule has 0 fully saturated rings. The minimum absolute atomic E-state index is 0.130. The Bertz CT molecular complexity index is 1390. The summed E-state index contributed by atoms with van der Waals surface area (Å²) >= 11 is 0. The van der Waals surface area contributed by atoms with Gasteiger partial charge in [0.05, 0.1) is 17.5 Å². The molecule has 0 radical (unpaired) electrons. The number of nitrogens with one attached hydrogen (secondary N) is 2. The summed E-state index contributed by atoms with van der Waals surface area (Å²) in [5.41, 5.74) is 12.0. The summed E-state index contributed by atoms with van der Waals surface area (Å²) in [5.74, 6) is -2.70. The van der Waals surface area contributed by atoms with E-state index in [-0.39, 0.29) is 47.8 Å². The Balaban J connectivity index is 2.72. The lowest BCUT2D eigenvalue weighted by Crippen LogP contribution is -2.40. The van der Waals surface area contributed by atoms with E-state index in [0.29, 0.717) is 31.4 Å². The zero-order valence-electron chi connectivity index (χ0n) is 29.4. The Morgan fingerprint density at radius 3 is 2.43 bits per heavy atom. The molecule has 13 heteroatoms. The lowest BCUT2D eigenvalue weighted by Gasteiger charge is -2.32. The third-order valence-corrected chi connectivity index (χ3v) is 8.28. The first-order valence-corrected chi connectivity index (χ1v) is 16.4. The number of methoxy groups -OCH3 is 2. The van der Waals surface area contributed by atoms with Crippen molar-refractivity contribution in [1.82, 2.24) is 10.6 Å². The highest BCUT2D eigenvalue weighted by molar-refractivity contribution is 6.23. The van der Waals surface area contributed by atoms with Crippen molar-refractivity contribution in [3.8, 4) is 0 Å². The summed E-state index contributed by atoms with van der Waals surface area (Å²) in [6.45, 7) is 11.4. The van der Waals surface area contributed by atoms with Gasteiger partial charge in [0.2, 0.25) is 11.6 Å². The van der Waals surface area contributed by atoms with Crippen LogP contribution in [0.1, 0.15) is 59.8 Å². The molecule has 2 aliphatic rings. The minimum atomic E-state index is -1.02. The summed E-state index contributed by atoms with van der Waals surface area (Å²) in [6.07, 6.45) is 6.71. The molecule has 49 heavy (non-hydrogen) atoms. The van der Waals surface area contributed by atoms with Crippen molar-refractivity contribution in [2.45, 2.75) is 84.2 Å². The number of ether oxygens (including phenoxy) is 4. The first-order valence-electron chi connectivity index (χ1n) is 16.4. The second-order valence-electron chi connectivity index (χ2n) is 12.3. The monoisotopic (exact) mass is 684 g/mol. The van der Waals surface area contributed by atoms with Crippen molar-refractivity contribution < 1.29 is 42.9 Å². The van der Waals surface area contributed by atoms with Crippen molar-refractivity contribution in [2.24, 2.45) is 23.3 Å². The van der Waals surface area contributed by atoms with Crippen LogP contribution in [0.15, 0.2) is 71.1 Å². The lowest BCUT2D eigenvalue weighted by molar-refractivity contribution is -0.160. The van der Waals surface area contributed by atoms with Crippen molar-refractivity contribution in [1.29, 1.82) is 0 Å². The molecule has 2 amide bonds. The fourth-order valence-electron chi connectivity index (χ4n) is 5.75. The Hall–Kier alpha value is -4.33. The Morgan fingerprint density at radius 2 is 1.82 bits per heavy atom. The molecule has 2 bridgehead atoms. The molecule has 0 aromatic rings. The number of hydrogen-bond donors (Lipinski definition) is 4. The van der Waals surface area contributed by atoms with Gasteiger partial charge in [-0.3, -0.25) is 19.2 Å². The fraction of sp³-hybridized carbons (Fsp3) is 0.528. The third-order valence-electron chi connectivity index (χ3n) is 8.28. The van der Waals surface area contributed by atoms with Crippen molar-refractivity contribution in [3.05, 3.63) is 71.1 Å². The number of carbonyl (C=O) groups excluding carboxylic acids is 5. The third kappa shape index (κ3) is 12.3. The van der Waals surface area contributed by atoms with Crippen LogP contribution in [0.25, 0.3) is 0 Å². The topological polar surface area (TPSA) is 198 Å². The Labute approximate surface area is 288 Å². The van der Waals surface area contributed by atoms with Gasteiger partial charge >= 0.3 is 12.1 Å². The number of esters is 1. The van der Waals surface area contributed by atoms with Gasteiger partial charge in [-0.25, -0.2) is 4.79 Å². The van der Waals surface area contributed by atoms with Gasteiger partial charge in [0.15, 0.2) is 6.10 Å². The van der Waals surface area contributed by atoms with E-state index in [4.69, 9.17) is 30.4 Å². The van der Waals surface area contributed by atoms with Gasteiger partial charge in [-0.15, -0.1) is 6.58 Å². The molecule has 0 saturated heterocycles. The van der Waals surface area contributed by atoms with E-state index >= 15 is 0 Å². The molecule has 6 atom stereocenters. The first-order chi connectivity index (χ1) is 23.3. The summed E-state index contributed by atoms with van der Waals surface area (Å²) in [6, 6.07) is 0. The average molecular weight is 685 g/mol. The predicted octanol–water partition coefficient (Wildman–Crippen LogP) is 3.22. The molecule has 0 spiro atoms. The second-order valence-corrected chi connectivity index (χ2v) is 12.3. The SMILES string of the molecule is C=CCNC1=C2C[C@@H](C)C[C@@H](OC)[C@H](OC(=O)CCCCN)[C@H](C)/C=C(\C)[C@@H](OC(N)=O)[C@H](OC)/C=C\C=C(/C)C(=O)NC(=CC1=O)C2=O. The largest absolute Gasteiger partial charge is 0.459 e. The summed E-state index contributed by atoms with van der Waals surface area (Å²) in [5, 5.41) is 5.56. The normalized spacial score (nSPS) is 28.6. The average Bonchev–Trinajstić information content (AvgIpc) is 3.05. The number of hydrogen-bond acceptors (Lipinski definition) is 11. The molecule has 270 valence electrons. The highest BCUT2D eigenvalue weighted by atomic mass is 16.6. The molecule has 2 rings (SSSR count). The van der Waals surface area contributed by atoms with Gasteiger partial charge < -0.3 is 41.0 Å². The van der Waals surface area contributed by atoms with E-state index < -0.39 is 59.9 Å². The quantitative estimate of drug-likeness (QED) is 0.108. The van der Waals surface area contributed by atoms with Crippen LogP contribution in [-0.2, 0) is 38.1 Å². The summed E-state index contributed by atoms with van der Waals surface area (Å²) in [4.78, 5) is 65.1. The number of unbranched alkanes of at least 4 members (excludes halogenated alkanes) is 1. The van der Waals surface area contributed by atoms with Crippen LogP contribution in [0.2, 0.25) is 0 Å². The van der Waals surface area contributed by atoms with E-state index in [2.05, 4.69) is 17.2 Å². The van der Waals surface area contributed by atoms with Crippen molar-refractivity contribution >= 4 is 29.5 Å². The first kappa shape index (κ1) is 40.8. The number of Topliss-reactive ketones (excluding diaryl/α,β-unsaturated/α-hetero) is 1. The van der Waals surface area contributed by atoms with Crippen molar-refractivity contribution in [3.63, 3.8) is 0 Å². The maximum atomic E-state index is 13.8. The van der Waals surface area contributed by atoms with E-state index in [1.165, 1.54) is 20.3 Å². The van der Waals surface area contributed by atoms with E-state index in [1.54, 1.807) is 32.1 Å². The molecule has 1 heterocycles. The Kier molecular flexibility index (Phi) is 16.9. The highest BCUT2D eigenvalue weighted by Crippen LogP contribution is 2.30. The van der Waals surface area contributed by atoms with E-state index in [0.717, 1.165) is 6.08 Å². The zero-order valence-corrected chi connectivity index (χ0v) is 29.4. The van der Waals surface area contributed by atoms with Crippen LogP contribution in [-0.4, -0.2) is 81.3 Å². The van der Waals surface area contributed by atoms with Crippen LogP contribution < -0.4 is 22.1 Å². The van der Waals surface area contributed by atoms with Crippen LogP contribution in [0.4, 0.5) is 4.79 Å². The van der Waals surface area contributed by atoms with Gasteiger partial charge in [0, 0.05) is 50.3 Å². The summed E-state index contributed by atoms with van der Waals surface area (Å²) < 4.78 is 23.1. The fourth-order valence-corrected chi connectivity index (χ4v) is 5.75. The van der Waals surface area contributed by atoms with Crippen molar-refractivity contribution in [2.75, 3.05) is 27.3 Å². The van der Waals surface area contributed by atoms with Crippen LogP contribution in [0, 0.1) is 11.8 Å². The standard InChI is InChI=1S/C36H52N4O9/c1-8-16-39-31-25-17-21(2)18-29(47-7)34(48-30(42)14-9-10-15-37)24(5)19-23(4)33(49-36(38)45)28(46-6)13-11-12-22(3)35(44)40-26(32(25)43)20-27(31)41/h8,11-13,19-21,24,28-29,33-34,39H,1,9-10,14-18,37H2,2-7H3,(H2,38,45)(H,40,44)/b13-11-,22-12+,23-19+/t21-,24-,28-,29-,33-,34-/m1/s1. The van der Waals surface area contributed by atoms with E-state index in [1.807, 2.05) is 19.9 Å². The number of nitrogens with two attached hydrogens (primary N) is 2. The minimum Gasteiger partial charge on any atom is -0.459 e. The lowest BCUT2D eigenvalue weighted by atomic mass is 9.85. The van der Waals surface area contributed by atoms with Gasteiger partial charge in [-0.1, -0.05) is 44.2 Å². The molecular weight excluding hydrogens is 632 g/mol. The molecule has 0 aromatic carbocycles. The highest BCUT2D eigenvalue weighted by Gasteiger charge is 2.35. The molecule has 0 unspecified atom stereocenters. The number of carbonyl (C=O) groups is 5. The van der Waals surface area contributed by atoms with Gasteiger partial charge in [-0.2, -0.15) is 0 Å². The van der Waals surface area contributed by atoms with Gasteiger partial charge in [0.1, 0.15) is 12.2 Å². The molecule has 6 N–H and O–H groups in total. The summed E-state index contributed by atoms with van der Waals surface area (Å²) in [7, 11) is 2.94. The maximum absolute atomic E-state index is 13.8. The van der Waals surface area contributed by atoms with Crippen LogP contribution in [0.3, 0.4) is 0 Å². The van der Waals surface area contributed by atoms with Crippen LogP contribution in [0.5, 0.6) is 0 Å². The number of allylic oxidation sites excluding steroid dienone is 4. The number of amides is 2. The van der Waals surface area contributed by atoms with Gasteiger partial charge in [0.25, 0.3) is 5.91 Å². The van der Waals surface area contributed by atoms with Gasteiger partial charge in [-0.05, 0) is 57.6 Å². The molecule has 1 aliphatic carbocycles.